The van der Waals surface area contributed by atoms with Crippen molar-refractivity contribution in [1.29, 1.82) is 0 Å². The normalized spacial score (nSPS) is 32.2. The van der Waals surface area contributed by atoms with Crippen LogP contribution in [0.2, 0.25) is 0 Å². The molecule has 0 radical (unpaired) electrons. The van der Waals surface area contributed by atoms with Gasteiger partial charge in [-0.3, -0.25) is 0 Å². The number of unbranched alkanes of at least 4 members (excludes halogenated alkanes) is 4. The number of methoxy groups -OCH3 is 1. The average molecular weight is 360 g/mol. The summed E-state index contributed by atoms with van der Waals surface area (Å²) < 4.78 is 28.7. The van der Waals surface area contributed by atoms with Crippen molar-refractivity contribution in [2.75, 3.05) is 20.3 Å². The first-order valence-electron chi connectivity index (χ1n) is 9.94. The number of aliphatic hydroxyl groups excluding tert-OH is 1. The van der Waals surface area contributed by atoms with E-state index in [2.05, 4.69) is 13.8 Å². The SMILES string of the molecule is CCCCCC1OCC(C(O)C(OC)C2COC(CCCCC)O2)O1. The molecule has 1 N–H and O–H groups in total. The van der Waals surface area contributed by atoms with Gasteiger partial charge in [0.1, 0.15) is 24.4 Å². The van der Waals surface area contributed by atoms with Crippen molar-refractivity contribution in [2.45, 2.75) is 102 Å². The first-order valence-corrected chi connectivity index (χ1v) is 9.94. The van der Waals surface area contributed by atoms with Gasteiger partial charge in [0.2, 0.25) is 0 Å². The van der Waals surface area contributed by atoms with Crippen molar-refractivity contribution in [3.05, 3.63) is 0 Å². The van der Waals surface area contributed by atoms with E-state index in [1.807, 2.05) is 0 Å². The highest BCUT2D eigenvalue weighted by Gasteiger charge is 2.42. The molecule has 2 heterocycles. The number of aliphatic hydroxyl groups is 1. The maximum absolute atomic E-state index is 10.7. The van der Waals surface area contributed by atoms with E-state index in [0.717, 1.165) is 25.7 Å². The van der Waals surface area contributed by atoms with Crippen molar-refractivity contribution >= 4 is 0 Å². The van der Waals surface area contributed by atoms with Crippen molar-refractivity contribution in [2.24, 2.45) is 0 Å². The number of hydrogen-bond acceptors (Lipinski definition) is 6. The van der Waals surface area contributed by atoms with E-state index in [-0.39, 0.29) is 24.8 Å². The Bertz CT molecular complexity index is 353. The van der Waals surface area contributed by atoms with Gasteiger partial charge in [-0.2, -0.15) is 0 Å². The van der Waals surface area contributed by atoms with Crippen molar-refractivity contribution < 1.29 is 28.8 Å². The van der Waals surface area contributed by atoms with Gasteiger partial charge in [0.15, 0.2) is 12.6 Å². The summed E-state index contributed by atoms with van der Waals surface area (Å²) in [5.74, 6) is 0. The fourth-order valence-electron chi connectivity index (χ4n) is 3.45. The van der Waals surface area contributed by atoms with Crippen molar-refractivity contribution in [3.8, 4) is 0 Å². The van der Waals surface area contributed by atoms with Crippen LogP contribution in [0.1, 0.15) is 65.2 Å². The lowest BCUT2D eigenvalue weighted by Gasteiger charge is -2.28. The second-order valence-corrected chi connectivity index (χ2v) is 7.06. The monoisotopic (exact) mass is 360 g/mol. The van der Waals surface area contributed by atoms with Gasteiger partial charge in [0.25, 0.3) is 0 Å². The van der Waals surface area contributed by atoms with Crippen LogP contribution in [0.4, 0.5) is 0 Å². The Balaban J connectivity index is 1.76. The molecule has 6 nitrogen and oxygen atoms in total. The van der Waals surface area contributed by atoms with Crippen LogP contribution in [0.5, 0.6) is 0 Å². The van der Waals surface area contributed by atoms with Gasteiger partial charge in [-0.15, -0.1) is 0 Å². The Labute approximate surface area is 152 Å². The molecule has 2 aliphatic rings. The maximum Gasteiger partial charge on any atom is 0.158 e. The molecular weight excluding hydrogens is 324 g/mol. The first kappa shape index (κ1) is 21.1. The second kappa shape index (κ2) is 11.5. The topological polar surface area (TPSA) is 66.4 Å². The van der Waals surface area contributed by atoms with Gasteiger partial charge in [0.05, 0.1) is 13.2 Å². The zero-order valence-corrected chi connectivity index (χ0v) is 16.0. The summed E-state index contributed by atoms with van der Waals surface area (Å²) in [5.41, 5.74) is 0. The predicted molar refractivity (Wildman–Crippen MR) is 94.3 cm³/mol. The molecule has 6 heteroatoms. The molecule has 0 bridgehead atoms. The number of hydrogen-bond donors (Lipinski definition) is 1. The van der Waals surface area contributed by atoms with E-state index in [0.29, 0.717) is 13.2 Å². The second-order valence-electron chi connectivity index (χ2n) is 7.06. The van der Waals surface area contributed by atoms with E-state index in [9.17, 15) is 5.11 Å². The van der Waals surface area contributed by atoms with E-state index >= 15 is 0 Å². The molecule has 0 saturated carbocycles. The Morgan fingerprint density at radius 1 is 0.880 bits per heavy atom. The minimum absolute atomic E-state index is 0.191. The molecular formula is C19H36O6. The van der Waals surface area contributed by atoms with Crippen molar-refractivity contribution in [3.63, 3.8) is 0 Å². The maximum atomic E-state index is 10.7. The molecule has 0 spiro atoms. The molecule has 6 atom stereocenters. The summed E-state index contributed by atoms with van der Waals surface area (Å²) in [6, 6.07) is 0. The highest BCUT2D eigenvalue weighted by Crippen LogP contribution is 2.27. The van der Waals surface area contributed by atoms with Crippen LogP contribution in [0.25, 0.3) is 0 Å². The smallest absolute Gasteiger partial charge is 0.158 e. The molecule has 148 valence electrons. The third-order valence-corrected chi connectivity index (χ3v) is 4.99. The third kappa shape index (κ3) is 6.45. The Morgan fingerprint density at radius 3 is 1.92 bits per heavy atom. The first-order chi connectivity index (χ1) is 12.2. The largest absolute Gasteiger partial charge is 0.387 e. The highest BCUT2D eigenvalue weighted by atomic mass is 16.7. The number of ether oxygens (including phenoxy) is 5. The van der Waals surface area contributed by atoms with Crippen LogP contribution in [-0.4, -0.2) is 62.4 Å². The summed E-state index contributed by atoms with van der Waals surface area (Å²) >= 11 is 0. The van der Waals surface area contributed by atoms with Crippen LogP contribution in [-0.2, 0) is 23.7 Å². The molecule has 0 aromatic rings. The Hall–Kier alpha value is -0.240. The Morgan fingerprint density at radius 2 is 1.40 bits per heavy atom. The van der Waals surface area contributed by atoms with E-state index < -0.39 is 12.2 Å². The summed E-state index contributed by atoms with van der Waals surface area (Å²) in [5, 5.41) is 10.7. The lowest BCUT2D eigenvalue weighted by molar-refractivity contribution is -0.150. The molecule has 2 fully saturated rings. The van der Waals surface area contributed by atoms with Gasteiger partial charge < -0.3 is 28.8 Å². The predicted octanol–water partition coefficient (Wildman–Crippen LogP) is 3.01. The molecule has 2 rings (SSSR count). The lowest BCUT2D eigenvalue weighted by Crippen LogP contribution is -2.47. The summed E-state index contributed by atoms with van der Waals surface area (Å²) in [4.78, 5) is 0. The summed E-state index contributed by atoms with van der Waals surface area (Å²) in [6.07, 6.45) is 6.31. The third-order valence-electron chi connectivity index (χ3n) is 4.99. The molecule has 0 aromatic heterocycles. The van der Waals surface area contributed by atoms with E-state index in [1.165, 1.54) is 25.7 Å². The Kier molecular flexibility index (Phi) is 9.66. The van der Waals surface area contributed by atoms with Gasteiger partial charge >= 0.3 is 0 Å². The summed E-state index contributed by atoms with van der Waals surface area (Å²) in [6.45, 7) is 5.19. The van der Waals surface area contributed by atoms with Crippen molar-refractivity contribution in [1.82, 2.24) is 0 Å². The molecule has 6 unspecified atom stereocenters. The fraction of sp³-hybridized carbons (Fsp3) is 1.00. The molecule has 25 heavy (non-hydrogen) atoms. The van der Waals surface area contributed by atoms with Crippen LogP contribution >= 0.6 is 0 Å². The molecule has 2 aliphatic heterocycles. The van der Waals surface area contributed by atoms with Gasteiger partial charge in [0, 0.05) is 7.11 Å². The van der Waals surface area contributed by atoms with Crippen LogP contribution in [0.3, 0.4) is 0 Å². The van der Waals surface area contributed by atoms with Gasteiger partial charge in [-0.1, -0.05) is 39.5 Å². The zero-order valence-electron chi connectivity index (χ0n) is 16.0. The van der Waals surface area contributed by atoms with Crippen LogP contribution in [0, 0.1) is 0 Å². The fourth-order valence-corrected chi connectivity index (χ4v) is 3.45. The zero-order chi connectivity index (χ0) is 18.1. The highest BCUT2D eigenvalue weighted by molar-refractivity contribution is 4.88. The molecule has 0 aliphatic carbocycles. The number of rotatable bonds is 12. The van der Waals surface area contributed by atoms with Crippen LogP contribution in [0.15, 0.2) is 0 Å². The van der Waals surface area contributed by atoms with Crippen LogP contribution < -0.4 is 0 Å². The quantitative estimate of drug-likeness (QED) is 0.540. The minimum atomic E-state index is -0.788. The standard InChI is InChI=1S/C19H36O6/c1-4-6-8-10-16-22-12-14(24-16)18(20)19(21-3)15-13-23-17(25-15)11-9-7-5-2/h14-20H,4-13H2,1-3H3. The van der Waals surface area contributed by atoms with Gasteiger partial charge in [-0.25, -0.2) is 0 Å². The van der Waals surface area contributed by atoms with E-state index in [1.54, 1.807) is 7.11 Å². The molecule has 2 saturated heterocycles. The summed E-state index contributed by atoms with van der Waals surface area (Å²) in [7, 11) is 1.59. The molecule has 0 aromatic carbocycles. The van der Waals surface area contributed by atoms with Gasteiger partial charge in [-0.05, 0) is 25.7 Å². The molecule has 0 amide bonds. The van der Waals surface area contributed by atoms with E-state index in [4.69, 9.17) is 23.7 Å². The average Bonchev–Trinajstić information content (AvgIpc) is 3.26. The minimum Gasteiger partial charge on any atom is -0.387 e. The lowest BCUT2D eigenvalue weighted by atomic mass is 10.0.